The van der Waals surface area contributed by atoms with E-state index in [-0.39, 0.29) is 0 Å². The van der Waals surface area contributed by atoms with Crippen LogP contribution in [-0.2, 0) is 19.7 Å². The van der Waals surface area contributed by atoms with Crippen molar-refractivity contribution in [3.05, 3.63) is 75.5 Å². The molecule has 152 valence electrons. The monoisotopic (exact) mass is 409 g/mol. The first-order valence-corrected chi connectivity index (χ1v) is 10.5. The molecule has 1 aromatic carbocycles. The Hall–Kier alpha value is -2.93. The minimum atomic E-state index is 0.461. The number of benzene rings is 1. The van der Waals surface area contributed by atoms with Gasteiger partial charge in [0.15, 0.2) is 5.96 Å². The number of aliphatic imine (C=N–C) groups is 1. The third-order valence-electron chi connectivity index (χ3n) is 4.28. The Labute approximate surface area is 176 Å². The van der Waals surface area contributed by atoms with Crippen LogP contribution in [0, 0.1) is 13.8 Å². The molecule has 0 aliphatic heterocycles. The van der Waals surface area contributed by atoms with Crippen molar-refractivity contribution >= 4 is 17.3 Å². The molecule has 0 amide bonds. The Bertz CT molecular complexity index is 903. The summed E-state index contributed by atoms with van der Waals surface area (Å²) in [7, 11) is 0. The summed E-state index contributed by atoms with van der Waals surface area (Å²) in [6.45, 7) is 8.72. The molecule has 7 heteroatoms. The third-order valence-corrected chi connectivity index (χ3v) is 5.35. The zero-order chi connectivity index (χ0) is 20.5. The van der Waals surface area contributed by atoms with E-state index in [1.807, 2.05) is 49.4 Å². The van der Waals surface area contributed by atoms with Gasteiger partial charge in [0.2, 0.25) is 0 Å². The Morgan fingerprint density at radius 3 is 2.59 bits per heavy atom. The lowest BCUT2D eigenvalue weighted by Gasteiger charge is -2.10. The molecule has 0 saturated heterocycles. The summed E-state index contributed by atoms with van der Waals surface area (Å²) in [6, 6.07) is 13.8. The second-order valence-corrected chi connectivity index (χ2v) is 7.84. The lowest BCUT2D eigenvalue weighted by atomic mass is 10.2. The van der Waals surface area contributed by atoms with E-state index in [9.17, 15) is 0 Å². The maximum absolute atomic E-state index is 5.78. The van der Waals surface area contributed by atoms with Gasteiger partial charge in [0.05, 0.1) is 24.5 Å². The molecule has 0 aliphatic carbocycles. The second kappa shape index (κ2) is 10.6. The van der Waals surface area contributed by atoms with Crippen molar-refractivity contribution in [1.82, 2.24) is 20.6 Å². The van der Waals surface area contributed by atoms with Crippen LogP contribution in [0.4, 0.5) is 0 Å². The molecule has 29 heavy (non-hydrogen) atoms. The number of aryl methyl sites for hydroxylation is 2. The lowest BCUT2D eigenvalue weighted by Crippen LogP contribution is -2.36. The predicted molar refractivity (Wildman–Crippen MR) is 118 cm³/mol. The van der Waals surface area contributed by atoms with Crippen LogP contribution in [0.1, 0.15) is 33.8 Å². The normalized spacial score (nSPS) is 11.3. The number of rotatable bonds is 8. The van der Waals surface area contributed by atoms with E-state index < -0.39 is 0 Å². The maximum Gasteiger partial charge on any atom is 0.191 e. The number of pyridine rings is 1. The molecule has 0 saturated carbocycles. The molecule has 0 spiro atoms. The Balaban J connectivity index is 1.52. The molecule has 3 rings (SSSR count). The highest BCUT2D eigenvalue weighted by Gasteiger charge is 2.05. The van der Waals surface area contributed by atoms with Crippen molar-refractivity contribution in [1.29, 1.82) is 0 Å². The first kappa shape index (κ1) is 20.8. The van der Waals surface area contributed by atoms with E-state index in [4.69, 9.17) is 4.74 Å². The van der Waals surface area contributed by atoms with Crippen molar-refractivity contribution < 1.29 is 4.74 Å². The number of hydrogen-bond donors (Lipinski definition) is 2. The summed E-state index contributed by atoms with van der Waals surface area (Å²) >= 11 is 1.72. The number of hydrogen-bond acceptors (Lipinski definition) is 5. The number of ether oxygens (including phenoxy) is 1. The van der Waals surface area contributed by atoms with Crippen LogP contribution in [0.15, 0.2) is 53.7 Å². The van der Waals surface area contributed by atoms with Gasteiger partial charge in [-0.15, -0.1) is 11.3 Å². The smallest absolute Gasteiger partial charge is 0.191 e. The average Bonchev–Trinajstić information content (AvgIpc) is 3.07. The van der Waals surface area contributed by atoms with Crippen LogP contribution in [0.25, 0.3) is 0 Å². The van der Waals surface area contributed by atoms with Crippen molar-refractivity contribution in [2.75, 3.05) is 6.54 Å². The van der Waals surface area contributed by atoms with Crippen molar-refractivity contribution in [2.24, 2.45) is 4.99 Å². The molecule has 0 atom stereocenters. The molecule has 2 heterocycles. The molecular formula is C22H27N5OS. The molecule has 2 aromatic heterocycles. The highest BCUT2D eigenvalue weighted by Crippen LogP contribution is 2.16. The summed E-state index contributed by atoms with van der Waals surface area (Å²) < 4.78 is 5.78. The third kappa shape index (κ3) is 6.57. The van der Waals surface area contributed by atoms with Crippen LogP contribution in [0.5, 0.6) is 5.75 Å². The van der Waals surface area contributed by atoms with Crippen molar-refractivity contribution in [3.8, 4) is 5.75 Å². The SMILES string of the molecule is CCNC(=NCc1ccc(OCc2ccccn2)cc1)NCc1nc(C)c(C)s1. The lowest BCUT2D eigenvalue weighted by molar-refractivity contribution is 0.301. The first-order chi connectivity index (χ1) is 14.1. The van der Waals surface area contributed by atoms with Crippen molar-refractivity contribution in [2.45, 2.75) is 40.5 Å². The van der Waals surface area contributed by atoms with Gasteiger partial charge >= 0.3 is 0 Å². The van der Waals surface area contributed by atoms with Crippen LogP contribution < -0.4 is 15.4 Å². The molecule has 0 radical (unpaired) electrons. The Morgan fingerprint density at radius 1 is 1.10 bits per heavy atom. The van der Waals surface area contributed by atoms with E-state index in [1.54, 1.807) is 17.5 Å². The Morgan fingerprint density at radius 2 is 1.93 bits per heavy atom. The van der Waals surface area contributed by atoms with Crippen molar-refractivity contribution in [3.63, 3.8) is 0 Å². The number of guanidine groups is 1. The minimum absolute atomic E-state index is 0.461. The fourth-order valence-electron chi connectivity index (χ4n) is 2.62. The molecule has 0 aliphatic rings. The van der Waals surface area contributed by atoms with Crippen LogP contribution in [0.3, 0.4) is 0 Å². The van der Waals surface area contributed by atoms with Crippen LogP contribution in [-0.4, -0.2) is 22.5 Å². The fraction of sp³-hybridized carbons (Fsp3) is 0.318. The molecule has 0 bridgehead atoms. The van der Waals surface area contributed by atoms with E-state index in [0.717, 1.165) is 40.2 Å². The maximum atomic E-state index is 5.78. The molecular weight excluding hydrogens is 382 g/mol. The average molecular weight is 410 g/mol. The topological polar surface area (TPSA) is 71.4 Å². The van der Waals surface area contributed by atoms with Gasteiger partial charge in [-0.05, 0) is 50.6 Å². The predicted octanol–water partition coefficient (Wildman–Crippen LogP) is 3.99. The number of thiazole rings is 1. The summed E-state index contributed by atoms with van der Waals surface area (Å²) in [5.41, 5.74) is 3.13. The van der Waals surface area contributed by atoms with E-state index in [0.29, 0.717) is 19.7 Å². The quantitative estimate of drug-likeness (QED) is 0.435. The van der Waals surface area contributed by atoms with Gasteiger partial charge in [-0.3, -0.25) is 4.98 Å². The van der Waals surface area contributed by atoms with Gasteiger partial charge in [0.25, 0.3) is 0 Å². The largest absolute Gasteiger partial charge is 0.487 e. The highest BCUT2D eigenvalue weighted by molar-refractivity contribution is 7.11. The van der Waals surface area contributed by atoms with Gasteiger partial charge in [-0.2, -0.15) is 0 Å². The summed E-state index contributed by atoms with van der Waals surface area (Å²) in [5.74, 6) is 1.61. The summed E-state index contributed by atoms with van der Waals surface area (Å²) in [4.78, 5) is 14.8. The standard InChI is InChI=1S/C22H27N5OS/c1-4-23-22(26-14-21-27-16(2)17(3)29-21)25-13-18-8-10-20(11-9-18)28-15-19-7-5-6-12-24-19/h5-12H,4,13-15H2,1-3H3,(H2,23,25,26). The Kier molecular flexibility index (Phi) is 7.58. The van der Waals surface area contributed by atoms with Gasteiger partial charge in [-0.25, -0.2) is 9.98 Å². The van der Waals surface area contributed by atoms with Gasteiger partial charge in [0.1, 0.15) is 17.4 Å². The highest BCUT2D eigenvalue weighted by atomic mass is 32.1. The number of aromatic nitrogens is 2. The van der Waals surface area contributed by atoms with Gasteiger partial charge in [0, 0.05) is 17.6 Å². The molecule has 0 unspecified atom stereocenters. The van der Waals surface area contributed by atoms with E-state index in [1.165, 1.54) is 4.88 Å². The van der Waals surface area contributed by atoms with Crippen LogP contribution >= 0.6 is 11.3 Å². The molecule has 2 N–H and O–H groups in total. The molecule has 3 aromatic rings. The number of nitrogens with zero attached hydrogens (tertiary/aromatic N) is 3. The fourth-order valence-corrected chi connectivity index (χ4v) is 3.49. The molecule has 0 fully saturated rings. The number of nitrogens with one attached hydrogen (secondary N) is 2. The van der Waals surface area contributed by atoms with E-state index >= 15 is 0 Å². The van der Waals surface area contributed by atoms with Gasteiger partial charge in [-0.1, -0.05) is 18.2 Å². The van der Waals surface area contributed by atoms with Gasteiger partial charge < -0.3 is 15.4 Å². The van der Waals surface area contributed by atoms with Crippen LogP contribution in [0.2, 0.25) is 0 Å². The summed E-state index contributed by atoms with van der Waals surface area (Å²) in [6.07, 6.45) is 1.77. The zero-order valence-electron chi connectivity index (χ0n) is 17.1. The summed E-state index contributed by atoms with van der Waals surface area (Å²) in [5, 5.41) is 7.70. The zero-order valence-corrected chi connectivity index (χ0v) is 17.9. The van der Waals surface area contributed by atoms with E-state index in [2.05, 4.69) is 39.4 Å². The molecule has 6 nitrogen and oxygen atoms in total. The minimum Gasteiger partial charge on any atom is -0.487 e. The second-order valence-electron chi connectivity index (χ2n) is 6.55. The first-order valence-electron chi connectivity index (χ1n) is 9.70.